The van der Waals surface area contributed by atoms with Crippen LogP contribution in [0.15, 0.2) is 48.7 Å². The smallest absolute Gasteiger partial charge is 0.396 e. The van der Waals surface area contributed by atoms with Gasteiger partial charge in [0.05, 0.1) is 22.8 Å². The van der Waals surface area contributed by atoms with Gasteiger partial charge in [0.1, 0.15) is 5.69 Å². The summed E-state index contributed by atoms with van der Waals surface area (Å²) in [7, 11) is 0. The lowest BCUT2D eigenvalue weighted by molar-refractivity contribution is -0.137. The Bertz CT molecular complexity index is 989. The fourth-order valence-electron chi connectivity index (χ4n) is 2.61. The second-order valence-electron chi connectivity index (χ2n) is 6.08. The van der Waals surface area contributed by atoms with E-state index in [1.165, 1.54) is 12.3 Å². The summed E-state index contributed by atoms with van der Waals surface area (Å²) in [5, 5.41) is 11.9. The summed E-state index contributed by atoms with van der Waals surface area (Å²) in [4.78, 5) is 20.9. The maximum absolute atomic E-state index is 13.0. The molecular weight excluding hydrogens is 359 g/mol. The van der Waals surface area contributed by atoms with Crippen LogP contribution in [-0.4, -0.2) is 27.6 Å². The predicted molar refractivity (Wildman–Crippen MR) is 94.4 cm³/mol. The van der Waals surface area contributed by atoms with Gasteiger partial charge >= 0.3 is 6.18 Å². The minimum atomic E-state index is -4.52. The number of nitrogens with one attached hydrogen (secondary N) is 1. The second-order valence-corrected chi connectivity index (χ2v) is 6.08. The Hall–Kier alpha value is -3.00. The molecule has 8 heteroatoms. The third-order valence-corrected chi connectivity index (χ3v) is 4.11. The normalized spacial score (nSPS) is 12.8. The molecule has 0 fully saturated rings. The Morgan fingerprint density at radius 1 is 1.19 bits per heavy atom. The molecule has 1 atom stereocenters. The number of anilines is 1. The van der Waals surface area contributed by atoms with Gasteiger partial charge in [-0.05, 0) is 35.9 Å². The van der Waals surface area contributed by atoms with Crippen molar-refractivity contribution in [3.8, 4) is 0 Å². The fourth-order valence-corrected chi connectivity index (χ4v) is 2.61. The summed E-state index contributed by atoms with van der Waals surface area (Å²) in [6.07, 6.45) is -3.22. The minimum absolute atomic E-state index is 0.0381. The molecule has 3 rings (SSSR count). The molecule has 3 aromatic rings. The summed E-state index contributed by atoms with van der Waals surface area (Å²) in [6.45, 7) is 1.21. The number of benzene rings is 2. The molecule has 140 valence electrons. The summed E-state index contributed by atoms with van der Waals surface area (Å²) in [5.41, 5.74) is 0.719. The van der Waals surface area contributed by atoms with Gasteiger partial charge in [-0.15, -0.1) is 0 Å². The van der Waals surface area contributed by atoms with Gasteiger partial charge in [0.15, 0.2) is 0 Å². The molecule has 1 aromatic heterocycles. The van der Waals surface area contributed by atoms with Gasteiger partial charge in [-0.1, -0.05) is 19.1 Å². The van der Waals surface area contributed by atoms with E-state index in [1.807, 2.05) is 0 Å². The van der Waals surface area contributed by atoms with Crippen molar-refractivity contribution in [2.24, 2.45) is 0 Å². The van der Waals surface area contributed by atoms with Crippen LogP contribution in [0.1, 0.15) is 34.5 Å². The Labute approximate surface area is 152 Å². The SMILES string of the molecule is C[C@@H](CO)c1cc(C(F)(F)F)ccc1NC(=O)c1cnc2ccccc2n1. The van der Waals surface area contributed by atoms with Crippen LogP contribution in [0.25, 0.3) is 11.0 Å². The number of aliphatic hydroxyl groups is 1. The molecule has 0 aliphatic rings. The van der Waals surface area contributed by atoms with E-state index < -0.39 is 23.6 Å². The van der Waals surface area contributed by atoms with Gasteiger partial charge in [0.2, 0.25) is 0 Å². The van der Waals surface area contributed by atoms with E-state index in [0.717, 1.165) is 12.1 Å². The number of carbonyl (C=O) groups excluding carboxylic acids is 1. The number of alkyl halides is 3. The zero-order chi connectivity index (χ0) is 19.6. The number of para-hydroxylation sites is 2. The van der Waals surface area contributed by atoms with Crippen molar-refractivity contribution in [2.45, 2.75) is 19.0 Å². The van der Waals surface area contributed by atoms with Crippen LogP contribution in [0.5, 0.6) is 0 Å². The van der Waals surface area contributed by atoms with Crippen molar-refractivity contribution in [3.05, 3.63) is 65.5 Å². The first-order chi connectivity index (χ1) is 12.8. The summed E-state index contributed by atoms with van der Waals surface area (Å²) >= 11 is 0. The van der Waals surface area contributed by atoms with Gasteiger partial charge in [0.25, 0.3) is 5.91 Å². The van der Waals surface area contributed by atoms with Crippen LogP contribution < -0.4 is 5.32 Å². The number of fused-ring (bicyclic) bond motifs is 1. The molecule has 2 N–H and O–H groups in total. The summed E-state index contributed by atoms with van der Waals surface area (Å²) in [6, 6.07) is 10.0. The number of halogens is 3. The average molecular weight is 375 g/mol. The molecule has 1 heterocycles. The van der Waals surface area contributed by atoms with Gasteiger partial charge in [0, 0.05) is 18.2 Å². The van der Waals surface area contributed by atoms with E-state index in [2.05, 4.69) is 15.3 Å². The number of carbonyl (C=O) groups is 1. The number of aliphatic hydroxyl groups excluding tert-OH is 1. The van der Waals surface area contributed by atoms with E-state index in [-0.39, 0.29) is 23.6 Å². The molecule has 5 nitrogen and oxygen atoms in total. The number of amides is 1. The first-order valence-corrected chi connectivity index (χ1v) is 8.14. The number of nitrogens with zero attached hydrogens (tertiary/aromatic N) is 2. The Morgan fingerprint density at radius 2 is 1.89 bits per heavy atom. The molecule has 27 heavy (non-hydrogen) atoms. The molecule has 0 unspecified atom stereocenters. The first-order valence-electron chi connectivity index (χ1n) is 8.14. The molecular formula is C19H16F3N3O2. The molecule has 0 aliphatic carbocycles. The monoisotopic (exact) mass is 375 g/mol. The standard InChI is InChI=1S/C19H16F3N3O2/c1-11(10-26)13-8-12(19(20,21)22)6-7-14(13)25-18(27)17-9-23-15-4-2-3-5-16(15)24-17/h2-9,11,26H,10H2,1H3,(H,25,27)/t11-/m0/s1. The highest BCUT2D eigenvalue weighted by molar-refractivity contribution is 6.04. The topological polar surface area (TPSA) is 75.1 Å². The average Bonchev–Trinajstić information content (AvgIpc) is 2.66. The maximum atomic E-state index is 13.0. The second kappa shape index (κ2) is 7.32. The minimum Gasteiger partial charge on any atom is -0.396 e. The number of hydrogen-bond acceptors (Lipinski definition) is 4. The molecule has 0 saturated carbocycles. The Morgan fingerprint density at radius 3 is 2.56 bits per heavy atom. The molecule has 0 aliphatic heterocycles. The third kappa shape index (κ3) is 4.06. The Kier molecular flexibility index (Phi) is 5.09. The molecule has 2 aromatic carbocycles. The Balaban J connectivity index is 1.94. The van der Waals surface area contributed by atoms with Gasteiger partial charge in [-0.25, -0.2) is 4.98 Å². The van der Waals surface area contributed by atoms with Gasteiger partial charge in [-0.3, -0.25) is 9.78 Å². The van der Waals surface area contributed by atoms with E-state index in [1.54, 1.807) is 31.2 Å². The maximum Gasteiger partial charge on any atom is 0.416 e. The van der Waals surface area contributed by atoms with Crippen LogP contribution in [0.4, 0.5) is 18.9 Å². The van der Waals surface area contributed by atoms with E-state index in [4.69, 9.17) is 0 Å². The zero-order valence-electron chi connectivity index (χ0n) is 14.3. The van der Waals surface area contributed by atoms with E-state index in [0.29, 0.717) is 11.0 Å². The van der Waals surface area contributed by atoms with Crippen molar-refractivity contribution < 1.29 is 23.1 Å². The molecule has 0 saturated heterocycles. The predicted octanol–water partition coefficient (Wildman–Crippen LogP) is 4.00. The van der Waals surface area contributed by atoms with E-state index >= 15 is 0 Å². The van der Waals surface area contributed by atoms with Crippen molar-refractivity contribution in [1.29, 1.82) is 0 Å². The van der Waals surface area contributed by atoms with Crippen LogP contribution in [0.3, 0.4) is 0 Å². The lowest BCUT2D eigenvalue weighted by Gasteiger charge is -2.18. The zero-order valence-corrected chi connectivity index (χ0v) is 14.3. The van der Waals surface area contributed by atoms with Gasteiger partial charge in [-0.2, -0.15) is 13.2 Å². The van der Waals surface area contributed by atoms with Crippen LogP contribution in [0, 0.1) is 0 Å². The summed E-state index contributed by atoms with van der Waals surface area (Å²) < 4.78 is 38.9. The van der Waals surface area contributed by atoms with Gasteiger partial charge < -0.3 is 10.4 Å². The highest BCUT2D eigenvalue weighted by atomic mass is 19.4. The fraction of sp³-hybridized carbons (Fsp3) is 0.211. The lowest BCUT2D eigenvalue weighted by atomic mass is 9.97. The van der Waals surface area contributed by atoms with Crippen molar-refractivity contribution in [2.75, 3.05) is 11.9 Å². The number of rotatable bonds is 4. The molecule has 0 bridgehead atoms. The number of aromatic nitrogens is 2. The largest absolute Gasteiger partial charge is 0.416 e. The van der Waals surface area contributed by atoms with E-state index in [9.17, 15) is 23.1 Å². The highest BCUT2D eigenvalue weighted by Crippen LogP contribution is 2.34. The molecule has 1 amide bonds. The molecule has 0 spiro atoms. The lowest BCUT2D eigenvalue weighted by Crippen LogP contribution is -2.17. The van der Waals surface area contributed by atoms with Crippen LogP contribution in [0.2, 0.25) is 0 Å². The quantitative estimate of drug-likeness (QED) is 0.723. The van der Waals surface area contributed by atoms with Crippen LogP contribution >= 0.6 is 0 Å². The van der Waals surface area contributed by atoms with Crippen LogP contribution in [-0.2, 0) is 6.18 Å². The molecule has 0 radical (unpaired) electrons. The first kappa shape index (κ1) is 18.8. The third-order valence-electron chi connectivity index (χ3n) is 4.11. The van der Waals surface area contributed by atoms with Crippen molar-refractivity contribution >= 4 is 22.6 Å². The van der Waals surface area contributed by atoms with Crippen molar-refractivity contribution in [1.82, 2.24) is 9.97 Å². The number of hydrogen-bond donors (Lipinski definition) is 2. The van der Waals surface area contributed by atoms with Crippen molar-refractivity contribution in [3.63, 3.8) is 0 Å². The highest BCUT2D eigenvalue weighted by Gasteiger charge is 2.31. The summed E-state index contributed by atoms with van der Waals surface area (Å²) in [5.74, 6) is -1.19.